The van der Waals surface area contributed by atoms with Crippen LogP contribution in [-0.2, 0) is 20.8 Å². The molecule has 1 aliphatic heterocycles. The van der Waals surface area contributed by atoms with Crippen LogP contribution in [0, 0.1) is 11.8 Å². The van der Waals surface area contributed by atoms with Crippen molar-refractivity contribution in [1.29, 1.82) is 0 Å². The number of alkyl halides is 3. The molecule has 0 aliphatic carbocycles. The maximum absolute atomic E-state index is 12.9. The van der Waals surface area contributed by atoms with Gasteiger partial charge in [0.25, 0.3) is 0 Å². The van der Waals surface area contributed by atoms with Gasteiger partial charge in [-0.1, -0.05) is 32.1 Å². The predicted molar refractivity (Wildman–Crippen MR) is 92.8 cm³/mol. The van der Waals surface area contributed by atoms with Gasteiger partial charge in [0.05, 0.1) is 17.4 Å². The number of hydrogen-bond donors (Lipinski definition) is 1. The lowest BCUT2D eigenvalue weighted by Gasteiger charge is -2.22. The van der Waals surface area contributed by atoms with Crippen molar-refractivity contribution in [2.75, 3.05) is 5.75 Å². The summed E-state index contributed by atoms with van der Waals surface area (Å²) in [6.07, 6.45) is -2.50. The van der Waals surface area contributed by atoms with Gasteiger partial charge >= 0.3 is 6.18 Å². The smallest absolute Gasteiger partial charge is 0.349 e. The molecule has 0 aromatic heterocycles. The van der Waals surface area contributed by atoms with E-state index in [-0.39, 0.29) is 24.0 Å². The van der Waals surface area contributed by atoms with Gasteiger partial charge in [-0.05, 0) is 30.0 Å². The summed E-state index contributed by atoms with van der Waals surface area (Å²) < 4.78 is 61.7. The van der Waals surface area contributed by atoms with E-state index < -0.39 is 33.5 Å². The van der Waals surface area contributed by atoms with Crippen LogP contribution in [0.25, 0.3) is 0 Å². The monoisotopic (exact) mass is 389 g/mol. The van der Waals surface area contributed by atoms with E-state index >= 15 is 0 Å². The summed E-state index contributed by atoms with van der Waals surface area (Å²) in [6, 6.07) is 4.36. The van der Waals surface area contributed by atoms with E-state index in [1.807, 2.05) is 13.8 Å². The molecule has 0 radical (unpaired) electrons. The summed E-state index contributed by atoms with van der Waals surface area (Å²) in [4.78, 5) is 12.3. The van der Waals surface area contributed by atoms with Crippen molar-refractivity contribution >= 4 is 15.7 Å². The lowest BCUT2D eigenvalue weighted by molar-refractivity contribution is -0.137. The first kappa shape index (κ1) is 20.5. The van der Waals surface area contributed by atoms with Crippen molar-refractivity contribution in [1.82, 2.24) is 5.32 Å². The highest BCUT2D eigenvalue weighted by Gasteiger charge is 2.31. The molecule has 2 rings (SSSR count). The summed E-state index contributed by atoms with van der Waals surface area (Å²) >= 11 is 0. The van der Waals surface area contributed by atoms with Crippen molar-refractivity contribution in [3.8, 4) is 0 Å². The number of rotatable bonds is 6. The zero-order chi connectivity index (χ0) is 19.5. The number of nitrogens with one attached hydrogen (secondary N) is 1. The third kappa shape index (κ3) is 5.86. The molecule has 2 atom stereocenters. The van der Waals surface area contributed by atoms with Crippen LogP contribution < -0.4 is 5.32 Å². The van der Waals surface area contributed by atoms with E-state index in [0.29, 0.717) is 12.0 Å². The van der Waals surface area contributed by atoms with Crippen molar-refractivity contribution in [2.24, 2.45) is 11.8 Å². The summed E-state index contributed by atoms with van der Waals surface area (Å²) in [7, 11) is -3.25. The molecule has 4 nitrogen and oxygen atoms in total. The molecule has 144 valence electrons. The quantitative estimate of drug-likeness (QED) is 0.804. The summed E-state index contributed by atoms with van der Waals surface area (Å²) in [5.41, 5.74) is -0.376. The number of allylic oxidation sites excluding steroid dienone is 1. The van der Waals surface area contributed by atoms with Crippen molar-refractivity contribution in [3.05, 3.63) is 46.9 Å². The van der Waals surface area contributed by atoms with Crippen LogP contribution in [0.2, 0.25) is 0 Å². The summed E-state index contributed by atoms with van der Waals surface area (Å²) in [6.45, 7) is 3.83. The Morgan fingerprint density at radius 1 is 1.31 bits per heavy atom. The second-order valence-electron chi connectivity index (χ2n) is 7.00. The number of sulfone groups is 1. The van der Waals surface area contributed by atoms with Gasteiger partial charge < -0.3 is 5.32 Å². The van der Waals surface area contributed by atoms with Gasteiger partial charge in [-0.3, -0.25) is 4.79 Å². The van der Waals surface area contributed by atoms with Gasteiger partial charge in [0.2, 0.25) is 5.91 Å². The third-order valence-electron chi connectivity index (χ3n) is 4.11. The lowest BCUT2D eigenvalue weighted by Crippen LogP contribution is -2.31. The van der Waals surface area contributed by atoms with Gasteiger partial charge in [-0.25, -0.2) is 8.42 Å². The van der Waals surface area contributed by atoms with Crippen molar-refractivity contribution in [2.45, 2.75) is 38.9 Å². The second-order valence-corrected chi connectivity index (χ2v) is 8.93. The van der Waals surface area contributed by atoms with Crippen LogP contribution in [0.4, 0.5) is 13.2 Å². The molecule has 1 N–H and O–H groups in total. The molecule has 1 aliphatic rings. The van der Waals surface area contributed by atoms with Gasteiger partial charge in [0, 0.05) is 17.7 Å². The standard InChI is InChI=1S/C18H22F3NO3S/c1-12(2)8-16(14-4-3-5-15(10-14)18(19,20)21)22-17(23)9-13-6-7-26(24,25)11-13/h3-7,10,12-13,16H,8-9,11H2,1-2H3,(H,22,23)/t13-,16-/m1/s1. The third-order valence-corrected chi connectivity index (χ3v) is 5.58. The van der Waals surface area contributed by atoms with Crippen molar-refractivity contribution in [3.63, 3.8) is 0 Å². The fourth-order valence-corrected chi connectivity index (χ4v) is 4.34. The Morgan fingerprint density at radius 3 is 2.54 bits per heavy atom. The second kappa shape index (κ2) is 7.82. The molecule has 0 saturated heterocycles. The highest BCUT2D eigenvalue weighted by molar-refractivity contribution is 7.94. The molecule has 26 heavy (non-hydrogen) atoms. The molecule has 0 fully saturated rings. The molecule has 0 saturated carbocycles. The van der Waals surface area contributed by atoms with E-state index in [0.717, 1.165) is 17.5 Å². The first-order chi connectivity index (χ1) is 12.0. The Bertz CT molecular complexity index is 785. The maximum Gasteiger partial charge on any atom is 0.416 e. The summed E-state index contributed by atoms with van der Waals surface area (Å²) in [5.74, 6) is -0.735. The predicted octanol–water partition coefficient (Wildman–Crippen LogP) is 3.86. The fraction of sp³-hybridized carbons (Fsp3) is 0.500. The Morgan fingerprint density at radius 2 is 2.00 bits per heavy atom. The number of amides is 1. The van der Waals surface area contributed by atoms with Crippen LogP contribution in [0.5, 0.6) is 0 Å². The average molecular weight is 389 g/mol. The molecular weight excluding hydrogens is 367 g/mol. The Kier molecular flexibility index (Phi) is 6.16. The molecular formula is C18H22F3NO3S. The van der Waals surface area contributed by atoms with E-state index in [1.54, 1.807) is 6.07 Å². The van der Waals surface area contributed by atoms with Crippen LogP contribution in [0.1, 0.15) is 43.9 Å². The van der Waals surface area contributed by atoms with Crippen LogP contribution >= 0.6 is 0 Å². The van der Waals surface area contributed by atoms with Crippen molar-refractivity contribution < 1.29 is 26.4 Å². The van der Waals surface area contributed by atoms with E-state index in [2.05, 4.69) is 5.32 Å². The first-order valence-corrected chi connectivity index (χ1v) is 10.1. The van der Waals surface area contributed by atoms with Crippen LogP contribution in [-0.4, -0.2) is 20.1 Å². The molecule has 0 unspecified atom stereocenters. The number of hydrogen-bond acceptors (Lipinski definition) is 3. The fourth-order valence-electron chi connectivity index (χ4n) is 2.94. The van der Waals surface area contributed by atoms with E-state index in [9.17, 15) is 26.4 Å². The lowest BCUT2D eigenvalue weighted by atomic mass is 9.95. The highest BCUT2D eigenvalue weighted by Crippen LogP contribution is 2.32. The Hall–Kier alpha value is -1.83. The van der Waals surface area contributed by atoms with Gasteiger partial charge in [0.1, 0.15) is 0 Å². The normalized spacial score (nSPS) is 20.3. The minimum Gasteiger partial charge on any atom is -0.349 e. The number of carbonyl (C=O) groups excluding carboxylic acids is 1. The van der Waals surface area contributed by atoms with Gasteiger partial charge in [-0.15, -0.1) is 0 Å². The molecule has 0 bridgehead atoms. The maximum atomic E-state index is 12.9. The topological polar surface area (TPSA) is 63.2 Å². The molecule has 1 aromatic rings. The summed E-state index contributed by atoms with van der Waals surface area (Å²) in [5, 5.41) is 3.86. The van der Waals surface area contributed by atoms with Gasteiger partial charge in [-0.2, -0.15) is 13.2 Å². The largest absolute Gasteiger partial charge is 0.416 e. The molecule has 1 amide bonds. The zero-order valence-corrected chi connectivity index (χ0v) is 15.4. The Balaban J connectivity index is 2.12. The van der Waals surface area contributed by atoms with Gasteiger partial charge in [0.15, 0.2) is 9.84 Å². The zero-order valence-electron chi connectivity index (χ0n) is 14.6. The Labute approximate surface area is 151 Å². The van der Waals surface area contributed by atoms with E-state index in [1.165, 1.54) is 12.1 Å². The molecule has 1 aromatic carbocycles. The molecule has 8 heteroatoms. The van der Waals surface area contributed by atoms with E-state index in [4.69, 9.17) is 0 Å². The minimum atomic E-state index is -4.45. The minimum absolute atomic E-state index is 0.0106. The number of benzene rings is 1. The highest BCUT2D eigenvalue weighted by atomic mass is 32.2. The van der Waals surface area contributed by atoms with Crippen LogP contribution in [0.3, 0.4) is 0 Å². The number of halogens is 3. The molecule has 1 heterocycles. The SMILES string of the molecule is CC(C)C[C@@H](NC(=O)C[C@H]1C=CS(=O)(=O)C1)c1cccc(C(F)(F)F)c1. The van der Waals surface area contributed by atoms with Crippen LogP contribution in [0.15, 0.2) is 35.7 Å². The first-order valence-electron chi connectivity index (χ1n) is 8.34. The average Bonchev–Trinajstić information content (AvgIpc) is 2.84. The number of carbonyl (C=O) groups is 1. The molecule has 0 spiro atoms.